The molecule has 0 spiro atoms. The molecule has 0 bridgehead atoms. The van der Waals surface area contributed by atoms with Gasteiger partial charge in [-0.25, -0.2) is 4.79 Å². The monoisotopic (exact) mass is 238 g/mol. The van der Waals surface area contributed by atoms with Gasteiger partial charge < -0.3 is 15.5 Å². The maximum Gasteiger partial charge on any atom is 0.339 e. The normalized spacial score (nSPS) is 10.6. The van der Waals surface area contributed by atoms with Gasteiger partial charge in [0, 0.05) is 17.8 Å². The molecule has 0 aliphatic heterocycles. The number of ether oxygens (including phenoxy) is 1. The first-order valence-corrected chi connectivity index (χ1v) is 5.64. The van der Waals surface area contributed by atoms with Gasteiger partial charge in [-0.05, 0) is 18.9 Å². The number of nitrogens with one attached hydrogen (secondary N) is 1. The summed E-state index contributed by atoms with van der Waals surface area (Å²) in [7, 11) is 0. The van der Waals surface area contributed by atoms with E-state index in [0.29, 0.717) is 23.4 Å². The van der Waals surface area contributed by atoms with Crippen LogP contribution < -0.4 is 11.3 Å². The van der Waals surface area contributed by atoms with Crippen molar-refractivity contribution in [3.63, 3.8) is 0 Å². The van der Waals surface area contributed by atoms with Crippen LogP contribution >= 0.6 is 0 Å². The summed E-state index contributed by atoms with van der Waals surface area (Å²) in [5, 5.41) is 0. The molecule has 0 aliphatic rings. The number of carbonyl (C=O) groups is 1. The summed E-state index contributed by atoms with van der Waals surface area (Å²) in [5.41, 5.74) is 6.57. The fourth-order valence-corrected chi connectivity index (χ4v) is 1.57. The highest BCUT2D eigenvalue weighted by Gasteiger charge is 2.17. The SMILES string of the molecule is CCOC(=O)c1cc(CN)c(=O)[nH]c1C(C)C. The minimum atomic E-state index is -0.429. The molecule has 0 atom stereocenters. The second-order valence-corrected chi connectivity index (χ2v) is 4.03. The van der Waals surface area contributed by atoms with Crippen molar-refractivity contribution in [3.05, 3.63) is 33.2 Å². The van der Waals surface area contributed by atoms with Crippen molar-refractivity contribution < 1.29 is 9.53 Å². The zero-order valence-electron chi connectivity index (χ0n) is 10.4. The van der Waals surface area contributed by atoms with Crippen LogP contribution in [-0.2, 0) is 11.3 Å². The van der Waals surface area contributed by atoms with E-state index in [-0.39, 0.29) is 18.0 Å². The molecule has 0 unspecified atom stereocenters. The number of nitrogens with two attached hydrogens (primary N) is 1. The number of rotatable bonds is 4. The summed E-state index contributed by atoms with van der Waals surface area (Å²) in [6, 6.07) is 1.52. The zero-order valence-corrected chi connectivity index (χ0v) is 10.4. The number of aromatic nitrogens is 1. The smallest absolute Gasteiger partial charge is 0.339 e. The van der Waals surface area contributed by atoms with Crippen LogP contribution in [0.15, 0.2) is 10.9 Å². The fraction of sp³-hybridized carbons (Fsp3) is 0.500. The zero-order chi connectivity index (χ0) is 13.0. The standard InChI is InChI=1S/C12H18N2O3/c1-4-17-12(16)9-5-8(6-13)11(15)14-10(9)7(2)3/h5,7H,4,6,13H2,1-3H3,(H,14,15). The van der Waals surface area contributed by atoms with E-state index in [0.717, 1.165) is 0 Å². The van der Waals surface area contributed by atoms with Gasteiger partial charge in [0.1, 0.15) is 0 Å². The van der Waals surface area contributed by atoms with Crippen LogP contribution in [-0.4, -0.2) is 17.6 Å². The number of hydrogen-bond acceptors (Lipinski definition) is 4. The van der Waals surface area contributed by atoms with Gasteiger partial charge in [0.15, 0.2) is 0 Å². The van der Waals surface area contributed by atoms with Gasteiger partial charge in [0.2, 0.25) is 0 Å². The van der Waals surface area contributed by atoms with Crippen molar-refractivity contribution in [2.24, 2.45) is 5.73 Å². The van der Waals surface area contributed by atoms with Crippen LogP contribution in [0.5, 0.6) is 0 Å². The lowest BCUT2D eigenvalue weighted by atomic mass is 10.0. The van der Waals surface area contributed by atoms with Crippen LogP contribution in [0.2, 0.25) is 0 Å². The summed E-state index contributed by atoms with van der Waals surface area (Å²) in [6.07, 6.45) is 0. The first-order valence-electron chi connectivity index (χ1n) is 5.64. The predicted octanol–water partition coefficient (Wildman–Crippen LogP) is 1.13. The molecule has 1 aromatic heterocycles. The Hall–Kier alpha value is -1.62. The van der Waals surface area contributed by atoms with Crippen LogP contribution in [0.1, 0.15) is 48.3 Å². The molecule has 1 heterocycles. The molecule has 1 aromatic rings. The Morgan fingerprint density at radius 3 is 2.65 bits per heavy atom. The van der Waals surface area contributed by atoms with E-state index >= 15 is 0 Å². The molecular formula is C12H18N2O3. The number of H-pyrrole nitrogens is 1. The van der Waals surface area contributed by atoms with Gasteiger partial charge in [0.05, 0.1) is 12.2 Å². The highest BCUT2D eigenvalue weighted by Crippen LogP contribution is 2.17. The quantitative estimate of drug-likeness (QED) is 0.770. The molecule has 0 radical (unpaired) electrons. The molecule has 17 heavy (non-hydrogen) atoms. The Bertz CT molecular complexity index is 463. The molecule has 0 saturated heterocycles. The van der Waals surface area contributed by atoms with Crippen LogP contribution in [0.25, 0.3) is 0 Å². The van der Waals surface area contributed by atoms with Gasteiger partial charge >= 0.3 is 5.97 Å². The first-order chi connectivity index (χ1) is 8.01. The molecule has 1 rings (SSSR count). The molecule has 0 aliphatic carbocycles. The lowest BCUT2D eigenvalue weighted by Gasteiger charge is -2.12. The third kappa shape index (κ3) is 2.94. The van der Waals surface area contributed by atoms with E-state index < -0.39 is 5.97 Å². The van der Waals surface area contributed by atoms with E-state index in [1.165, 1.54) is 6.07 Å². The second-order valence-electron chi connectivity index (χ2n) is 4.03. The van der Waals surface area contributed by atoms with E-state index in [2.05, 4.69) is 4.98 Å². The highest BCUT2D eigenvalue weighted by molar-refractivity contribution is 5.91. The fourth-order valence-electron chi connectivity index (χ4n) is 1.57. The van der Waals surface area contributed by atoms with E-state index in [9.17, 15) is 9.59 Å². The van der Waals surface area contributed by atoms with Gasteiger partial charge in [0.25, 0.3) is 5.56 Å². The van der Waals surface area contributed by atoms with Crippen LogP contribution in [0.4, 0.5) is 0 Å². The average molecular weight is 238 g/mol. The van der Waals surface area contributed by atoms with Crippen molar-refractivity contribution >= 4 is 5.97 Å². The van der Waals surface area contributed by atoms with Crippen molar-refractivity contribution in [1.29, 1.82) is 0 Å². The maximum atomic E-state index is 11.8. The van der Waals surface area contributed by atoms with Crippen molar-refractivity contribution in [2.45, 2.75) is 33.2 Å². The van der Waals surface area contributed by atoms with Crippen LogP contribution in [0.3, 0.4) is 0 Å². The summed E-state index contributed by atoms with van der Waals surface area (Å²) < 4.78 is 4.96. The predicted molar refractivity (Wildman–Crippen MR) is 65.0 cm³/mol. The Balaban J connectivity index is 3.33. The van der Waals surface area contributed by atoms with Crippen molar-refractivity contribution in [3.8, 4) is 0 Å². The average Bonchev–Trinajstić information content (AvgIpc) is 2.28. The Labute approximate surface area is 100.0 Å². The van der Waals surface area contributed by atoms with Gasteiger partial charge in [-0.15, -0.1) is 0 Å². The molecule has 5 heteroatoms. The molecular weight excluding hydrogens is 220 g/mol. The number of esters is 1. The third-order valence-corrected chi connectivity index (χ3v) is 2.44. The topological polar surface area (TPSA) is 85.2 Å². The second kappa shape index (κ2) is 5.63. The summed E-state index contributed by atoms with van der Waals surface area (Å²) in [6.45, 7) is 5.93. The molecule has 3 N–H and O–H groups in total. The van der Waals surface area contributed by atoms with E-state index in [4.69, 9.17) is 10.5 Å². The summed E-state index contributed by atoms with van der Waals surface area (Å²) in [4.78, 5) is 26.1. The van der Waals surface area contributed by atoms with E-state index in [1.807, 2.05) is 13.8 Å². The number of pyridine rings is 1. The lowest BCUT2D eigenvalue weighted by Crippen LogP contribution is -2.22. The Morgan fingerprint density at radius 2 is 2.18 bits per heavy atom. The van der Waals surface area contributed by atoms with Gasteiger partial charge in [-0.1, -0.05) is 13.8 Å². The first kappa shape index (κ1) is 13.4. The largest absolute Gasteiger partial charge is 0.462 e. The highest BCUT2D eigenvalue weighted by atomic mass is 16.5. The Morgan fingerprint density at radius 1 is 1.53 bits per heavy atom. The molecule has 0 amide bonds. The molecule has 94 valence electrons. The number of aromatic amines is 1. The minimum absolute atomic E-state index is 0.0360. The molecule has 0 aromatic carbocycles. The Kier molecular flexibility index (Phi) is 4.45. The number of hydrogen-bond donors (Lipinski definition) is 2. The van der Waals surface area contributed by atoms with Gasteiger partial charge in [-0.3, -0.25) is 4.79 Å². The number of carbonyl (C=O) groups excluding carboxylic acids is 1. The maximum absolute atomic E-state index is 11.8. The van der Waals surface area contributed by atoms with E-state index in [1.54, 1.807) is 6.92 Å². The van der Waals surface area contributed by atoms with Crippen molar-refractivity contribution in [2.75, 3.05) is 6.61 Å². The molecule has 0 fully saturated rings. The third-order valence-electron chi connectivity index (χ3n) is 2.44. The summed E-state index contributed by atoms with van der Waals surface area (Å²) >= 11 is 0. The molecule has 5 nitrogen and oxygen atoms in total. The molecule has 0 saturated carbocycles. The summed E-state index contributed by atoms with van der Waals surface area (Å²) in [5.74, 6) is -0.393. The lowest BCUT2D eigenvalue weighted by molar-refractivity contribution is 0.0523. The van der Waals surface area contributed by atoms with Gasteiger partial charge in [-0.2, -0.15) is 0 Å². The van der Waals surface area contributed by atoms with Crippen molar-refractivity contribution in [1.82, 2.24) is 4.98 Å². The minimum Gasteiger partial charge on any atom is -0.462 e. The van der Waals surface area contributed by atoms with Crippen LogP contribution in [0, 0.1) is 0 Å².